The smallest absolute Gasteiger partial charge is 0.416 e. The number of alkyl halides is 3. The van der Waals surface area contributed by atoms with Crippen LogP contribution in [-0.4, -0.2) is 11.8 Å². The van der Waals surface area contributed by atoms with Crippen molar-refractivity contribution in [2.24, 2.45) is 0 Å². The van der Waals surface area contributed by atoms with Gasteiger partial charge < -0.3 is 9.47 Å². The molecular formula is C18H12ClF3O4. The molecule has 0 aromatic heterocycles. The summed E-state index contributed by atoms with van der Waals surface area (Å²) >= 11 is 5.84. The van der Waals surface area contributed by atoms with Crippen molar-refractivity contribution in [2.45, 2.75) is 25.3 Å². The fraction of sp³-hybridized carbons (Fsp3) is 0.222. The van der Waals surface area contributed by atoms with E-state index < -0.39 is 23.8 Å². The van der Waals surface area contributed by atoms with Gasteiger partial charge in [-0.05, 0) is 29.8 Å². The topological polar surface area (TPSA) is 52.6 Å². The van der Waals surface area contributed by atoms with Crippen LogP contribution in [-0.2, 0) is 27.1 Å². The van der Waals surface area contributed by atoms with Crippen molar-refractivity contribution >= 4 is 23.4 Å². The fourth-order valence-corrected chi connectivity index (χ4v) is 2.76. The van der Waals surface area contributed by atoms with Crippen molar-refractivity contribution in [2.75, 3.05) is 0 Å². The molecule has 26 heavy (non-hydrogen) atoms. The van der Waals surface area contributed by atoms with E-state index in [2.05, 4.69) is 0 Å². The van der Waals surface area contributed by atoms with Crippen LogP contribution in [0.25, 0.3) is 0 Å². The van der Waals surface area contributed by atoms with Crippen LogP contribution in [0.1, 0.15) is 29.2 Å². The van der Waals surface area contributed by atoms with Gasteiger partial charge in [-0.3, -0.25) is 9.59 Å². The van der Waals surface area contributed by atoms with E-state index in [1.807, 2.05) is 0 Å². The zero-order valence-electron chi connectivity index (χ0n) is 13.2. The molecule has 1 atom stereocenters. The normalized spacial score (nSPS) is 17.3. The van der Waals surface area contributed by atoms with Crippen molar-refractivity contribution in [3.05, 3.63) is 64.2 Å². The van der Waals surface area contributed by atoms with Gasteiger partial charge in [0.15, 0.2) is 11.9 Å². The molecule has 1 saturated heterocycles. The van der Waals surface area contributed by atoms with Gasteiger partial charge in [-0.2, -0.15) is 13.2 Å². The number of Topliss-reactive ketones (excluding diaryl/α,β-unsaturated/α-hetero) is 1. The van der Waals surface area contributed by atoms with Crippen LogP contribution in [0.5, 0.6) is 5.75 Å². The van der Waals surface area contributed by atoms with Gasteiger partial charge in [0.1, 0.15) is 18.8 Å². The quantitative estimate of drug-likeness (QED) is 0.575. The molecule has 2 aromatic carbocycles. The number of carbonyl (C=O) groups excluding carboxylic acids is 2. The van der Waals surface area contributed by atoms with E-state index in [-0.39, 0.29) is 29.6 Å². The molecule has 1 aliphatic heterocycles. The maximum atomic E-state index is 12.6. The molecule has 0 bridgehead atoms. The summed E-state index contributed by atoms with van der Waals surface area (Å²) in [5.41, 5.74) is 0.299. The van der Waals surface area contributed by atoms with Crippen LogP contribution in [0.4, 0.5) is 13.2 Å². The van der Waals surface area contributed by atoms with Gasteiger partial charge in [0, 0.05) is 5.56 Å². The molecule has 0 radical (unpaired) electrons. The second-order valence-electron chi connectivity index (χ2n) is 5.69. The van der Waals surface area contributed by atoms with Gasteiger partial charge in [-0.15, -0.1) is 0 Å². The Morgan fingerprint density at radius 1 is 1.15 bits per heavy atom. The Morgan fingerprint density at radius 2 is 1.92 bits per heavy atom. The summed E-state index contributed by atoms with van der Waals surface area (Å²) in [5.74, 6) is -0.787. The summed E-state index contributed by atoms with van der Waals surface area (Å²) in [6, 6.07) is 9.50. The van der Waals surface area contributed by atoms with E-state index in [1.54, 1.807) is 24.3 Å². The second-order valence-corrected chi connectivity index (χ2v) is 6.10. The van der Waals surface area contributed by atoms with Gasteiger partial charge in [0.05, 0.1) is 10.6 Å². The van der Waals surface area contributed by atoms with Crippen molar-refractivity contribution < 1.29 is 32.2 Å². The number of cyclic esters (lactones) is 1. The lowest BCUT2D eigenvalue weighted by molar-refractivity contribution is -0.142. The number of hydrogen-bond acceptors (Lipinski definition) is 4. The third kappa shape index (κ3) is 3.99. The molecule has 3 rings (SSSR count). The van der Waals surface area contributed by atoms with Crippen LogP contribution in [0, 0.1) is 0 Å². The monoisotopic (exact) mass is 384 g/mol. The number of esters is 1. The molecule has 1 heterocycles. The molecule has 0 spiro atoms. The minimum Gasteiger partial charge on any atom is -0.487 e. The summed E-state index contributed by atoms with van der Waals surface area (Å²) in [7, 11) is 0. The predicted molar refractivity (Wildman–Crippen MR) is 85.7 cm³/mol. The predicted octanol–water partition coefficient (Wildman–Crippen LogP) is 4.49. The molecule has 4 nitrogen and oxygen atoms in total. The molecule has 1 aliphatic rings. The molecule has 0 N–H and O–H groups in total. The van der Waals surface area contributed by atoms with Crippen molar-refractivity contribution in [1.29, 1.82) is 0 Å². The first-order valence-corrected chi connectivity index (χ1v) is 7.92. The fourth-order valence-electron chi connectivity index (χ4n) is 2.53. The number of rotatable bonds is 4. The van der Waals surface area contributed by atoms with Crippen molar-refractivity contribution in [3.63, 3.8) is 0 Å². The number of benzene rings is 2. The molecular weight excluding hydrogens is 373 g/mol. The highest BCUT2D eigenvalue weighted by molar-refractivity contribution is 6.32. The maximum Gasteiger partial charge on any atom is 0.416 e. The Hall–Kier alpha value is -2.54. The van der Waals surface area contributed by atoms with Crippen LogP contribution in [0.2, 0.25) is 5.02 Å². The largest absolute Gasteiger partial charge is 0.487 e. The van der Waals surface area contributed by atoms with Crippen molar-refractivity contribution in [3.8, 4) is 5.75 Å². The van der Waals surface area contributed by atoms with Gasteiger partial charge >= 0.3 is 12.1 Å². The Bertz CT molecular complexity index is 864. The summed E-state index contributed by atoms with van der Waals surface area (Å²) in [6.45, 7) is 0.0216. The van der Waals surface area contributed by atoms with E-state index in [4.69, 9.17) is 21.1 Å². The molecule has 0 amide bonds. The first-order chi connectivity index (χ1) is 12.2. The zero-order valence-corrected chi connectivity index (χ0v) is 13.9. The van der Waals surface area contributed by atoms with Crippen LogP contribution >= 0.6 is 11.6 Å². The maximum absolute atomic E-state index is 12.6. The molecule has 0 aliphatic carbocycles. The number of ether oxygens (including phenoxy) is 2. The Morgan fingerprint density at radius 3 is 2.54 bits per heavy atom. The minimum atomic E-state index is -4.48. The second kappa shape index (κ2) is 6.99. The number of ketones is 1. The summed E-state index contributed by atoms with van der Waals surface area (Å²) in [4.78, 5) is 23.0. The first kappa shape index (κ1) is 18.3. The summed E-state index contributed by atoms with van der Waals surface area (Å²) in [6.07, 6.45) is -5.67. The third-order valence-electron chi connectivity index (χ3n) is 3.77. The van der Waals surface area contributed by atoms with E-state index >= 15 is 0 Å². The molecule has 136 valence electrons. The average molecular weight is 385 g/mol. The third-order valence-corrected chi connectivity index (χ3v) is 4.06. The highest BCUT2D eigenvalue weighted by atomic mass is 35.5. The lowest BCUT2D eigenvalue weighted by Gasteiger charge is -2.13. The Labute approximate surface area is 151 Å². The SMILES string of the molecule is O=C1CC(=O)C(c2cccc(COc3ccc(C(F)(F)F)cc3Cl)c2)O1. The van der Waals surface area contributed by atoms with Gasteiger partial charge in [0.2, 0.25) is 0 Å². The lowest BCUT2D eigenvalue weighted by atomic mass is 10.0. The molecule has 8 heteroatoms. The molecule has 1 unspecified atom stereocenters. The number of hydrogen-bond donors (Lipinski definition) is 0. The number of carbonyl (C=O) groups is 2. The van der Waals surface area contributed by atoms with E-state index in [9.17, 15) is 22.8 Å². The highest BCUT2D eigenvalue weighted by Gasteiger charge is 2.34. The average Bonchev–Trinajstić information content (AvgIpc) is 2.91. The molecule has 0 saturated carbocycles. The van der Waals surface area contributed by atoms with Crippen LogP contribution in [0.15, 0.2) is 42.5 Å². The van der Waals surface area contributed by atoms with E-state index in [1.165, 1.54) is 0 Å². The highest BCUT2D eigenvalue weighted by Crippen LogP contribution is 2.35. The van der Waals surface area contributed by atoms with E-state index in [0.717, 1.165) is 18.2 Å². The van der Waals surface area contributed by atoms with Gasteiger partial charge in [-0.1, -0.05) is 29.8 Å². The summed E-state index contributed by atoms with van der Waals surface area (Å²) in [5, 5.41) is -0.157. The van der Waals surface area contributed by atoms with Crippen LogP contribution in [0.3, 0.4) is 0 Å². The molecule has 1 fully saturated rings. The first-order valence-electron chi connectivity index (χ1n) is 7.54. The van der Waals surface area contributed by atoms with Gasteiger partial charge in [0.25, 0.3) is 0 Å². The van der Waals surface area contributed by atoms with Crippen molar-refractivity contribution in [1.82, 2.24) is 0 Å². The number of halogens is 4. The zero-order chi connectivity index (χ0) is 18.9. The van der Waals surface area contributed by atoms with Crippen LogP contribution < -0.4 is 4.74 Å². The lowest BCUT2D eigenvalue weighted by Crippen LogP contribution is -2.07. The molecule has 2 aromatic rings. The Balaban J connectivity index is 1.72. The van der Waals surface area contributed by atoms with E-state index in [0.29, 0.717) is 11.1 Å². The van der Waals surface area contributed by atoms with Gasteiger partial charge in [-0.25, -0.2) is 0 Å². The minimum absolute atomic E-state index is 0.0216. The summed E-state index contributed by atoms with van der Waals surface area (Å²) < 4.78 is 48.4. The Kier molecular flexibility index (Phi) is 4.91. The standard InChI is InChI=1S/C18H12ClF3O4/c19-13-7-12(18(20,21)22)4-5-15(13)25-9-10-2-1-3-11(6-10)17-14(23)8-16(24)26-17/h1-7,17H,8-9H2.